The second-order valence-corrected chi connectivity index (χ2v) is 11.1. The number of non-ortho nitro benzene ring substituents is 1. The lowest BCUT2D eigenvalue weighted by Crippen LogP contribution is -2.52. The van der Waals surface area contributed by atoms with Crippen molar-refractivity contribution in [1.29, 1.82) is 0 Å². The van der Waals surface area contributed by atoms with Gasteiger partial charge in [-0.05, 0) is 49.1 Å². The molecule has 212 valence electrons. The fourth-order valence-electron chi connectivity index (χ4n) is 4.27. The minimum atomic E-state index is -4.31. The standard InChI is InChI=1S/C29H34N4O6S/c1-4-18-30-29(35)27(5-2)31(20-23-13-10-9-12-22(23)3)28(34)21-32(24-14-11-15-25(19-24)33(36)37)40(38,39)26-16-7-6-8-17-26/h6-17,19,27H,4-5,18,20-21H2,1-3H3,(H,30,35)/t27-/m0/s1. The van der Waals surface area contributed by atoms with E-state index in [1.54, 1.807) is 25.1 Å². The highest BCUT2D eigenvalue weighted by molar-refractivity contribution is 7.92. The number of nitrogens with zero attached hydrogens (tertiary/aromatic N) is 3. The van der Waals surface area contributed by atoms with Crippen LogP contribution in [0.1, 0.15) is 37.8 Å². The highest BCUT2D eigenvalue weighted by Crippen LogP contribution is 2.28. The minimum absolute atomic E-state index is 0.0364. The van der Waals surface area contributed by atoms with Crippen molar-refractivity contribution in [3.05, 3.63) is 100 Å². The maximum Gasteiger partial charge on any atom is 0.271 e. The molecule has 0 aliphatic rings. The van der Waals surface area contributed by atoms with Gasteiger partial charge in [0, 0.05) is 25.2 Å². The summed E-state index contributed by atoms with van der Waals surface area (Å²) >= 11 is 0. The van der Waals surface area contributed by atoms with Crippen molar-refractivity contribution in [3.63, 3.8) is 0 Å². The Morgan fingerprint density at radius 3 is 2.27 bits per heavy atom. The lowest BCUT2D eigenvalue weighted by molar-refractivity contribution is -0.384. The number of amides is 2. The fraction of sp³-hybridized carbons (Fsp3) is 0.310. The summed E-state index contributed by atoms with van der Waals surface area (Å²) in [6.07, 6.45) is 1.01. The number of aryl methyl sites for hydroxylation is 1. The minimum Gasteiger partial charge on any atom is -0.354 e. The van der Waals surface area contributed by atoms with Gasteiger partial charge in [-0.1, -0.05) is 62.4 Å². The van der Waals surface area contributed by atoms with Gasteiger partial charge in [0.1, 0.15) is 12.6 Å². The Morgan fingerprint density at radius 1 is 0.975 bits per heavy atom. The lowest BCUT2D eigenvalue weighted by Gasteiger charge is -2.33. The van der Waals surface area contributed by atoms with Gasteiger partial charge >= 0.3 is 0 Å². The van der Waals surface area contributed by atoms with Gasteiger partial charge < -0.3 is 10.2 Å². The number of sulfonamides is 1. The first-order valence-corrected chi connectivity index (χ1v) is 14.5. The number of hydrogen-bond donors (Lipinski definition) is 1. The zero-order valence-corrected chi connectivity index (χ0v) is 23.6. The van der Waals surface area contributed by atoms with Crippen LogP contribution in [0.2, 0.25) is 0 Å². The monoisotopic (exact) mass is 566 g/mol. The molecule has 2 amide bonds. The SMILES string of the molecule is CCCNC(=O)[C@H](CC)N(Cc1ccccc1C)C(=O)CN(c1cccc([N+](=O)[O-])c1)S(=O)(=O)c1ccccc1. The van der Waals surface area contributed by atoms with E-state index in [9.17, 15) is 28.1 Å². The van der Waals surface area contributed by atoms with Crippen molar-refractivity contribution < 1.29 is 22.9 Å². The van der Waals surface area contributed by atoms with Crippen LogP contribution < -0.4 is 9.62 Å². The largest absolute Gasteiger partial charge is 0.354 e. The topological polar surface area (TPSA) is 130 Å². The molecule has 0 saturated heterocycles. The van der Waals surface area contributed by atoms with Gasteiger partial charge in [-0.2, -0.15) is 0 Å². The maximum atomic E-state index is 14.0. The summed E-state index contributed by atoms with van der Waals surface area (Å²) in [7, 11) is -4.31. The Kier molecular flexibility index (Phi) is 10.4. The number of benzene rings is 3. The summed E-state index contributed by atoms with van der Waals surface area (Å²) in [6.45, 7) is 5.45. The predicted molar refractivity (Wildman–Crippen MR) is 153 cm³/mol. The molecule has 0 aliphatic carbocycles. The zero-order valence-electron chi connectivity index (χ0n) is 22.8. The van der Waals surface area contributed by atoms with Crippen molar-refractivity contribution in [2.24, 2.45) is 0 Å². The van der Waals surface area contributed by atoms with E-state index in [0.717, 1.165) is 21.5 Å². The van der Waals surface area contributed by atoms with Crippen LogP contribution >= 0.6 is 0 Å². The number of carbonyl (C=O) groups excluding carboxylic acids is 2. The van der Waals surface area contributed by atoms with Crippen LogP contribution in [0.5, 0.6) is 0 Å². The Hall–Kier alpha value is -4.25. The van der Waals surface area contributed by atoms with E-state index in [1.165, 1.54) is 35.2 Å². The fourth-order valence-corrected chi connectivity index (χ4v) is 5.69. The molecule has 0 unspecified atom stereocenters. The maximum absolute atomic E-state index is 14.0. The van der Waals surface area contributed by atoms with Gasteiger partial charge in [0.15, 0.2) is 0 Å². The molecule has 3 aromatic carbocycles. The molecule has 0 fully saturated rings. The van der Waals surface area contributed by atoms with Gasteiger partial charge in [-0.15, -0.1) is 0 Å². The van der Waals surface area contributed by atoms with Crippen molar-refractivity contribution in [3.8, 4) is 0 Å². The van der Waals surface area contributed by atoms with E-state index < -0.39 is 33.4 Å². The van der Waals surface area contributed by atoms with E-state index in [2.05, 4.69) is 5.32 Å². The quantitative estimate of drug-likeness (QED) is 0.241. The highest BCUT2D eigenvalue weighted by Gasteiger charge is 2.34. The van der Waals surface area contributed by atoms with E-state index >= 15 is 0 Å². The molecule has 1 atom stereocenters. The third-order valence-corrected chi connectivity index (χ3v) is 8.26. The van der Waals surface area contributed by atoms with E-state index in [-0.39, 0.29) is 28.7 Å². The Morgan fingerprint density at radius 2 is 1.65 bits per heavy atom. The molecule has 0 radical (unpaired) electrons. The van der Waals surface area contributed by atoms with Gasteiger partial charge in [0.05, 0.1) is 15.5 Å². The molecule has 0 aromatic heterocycles. The third-order valence-electron chi connectivity index (χ3n) is 6.48. The average Bonchev–Trinajstić information content (AvgIpc) is 2.95. The second-order valence-electron chi connectivity index (χ2n) is 9.26. The van der Waals surface area contributed by atoms with Gasteiger partial charge in [-0.25, -0.2) is 8.42 Å². The summed E-state index contributed by atoms with van der Waals surface area (Å²) in [5.41, 5.74) is 1.37. The third kappa shape index (κ3) is 7.23. The number of nitro benzene ring substituents is 1. The molecule has 0 saturated carbocycles. The van der Waals surface area contributed by atoms with Crippen LogP contribution in [0.15, 0.2) is 83.8 Å². The van der Waals surface area contributed by atoms with E-state index in [1.807, 2.05) is 38.1 Å². The highest BCUT2D eigenvalue weighted by atomic mass is 32.2. The van der Waals surface area contributed by atoms with Gasteiger partial charge in [-0.3, -0.25) is 24.0 Å². The van der Waals surface area contributed by atoms with E-state index in [0.29, 0.717) is 19.4 Å². The Balaban J connectivity index is 2.09. The van der Waals surface area contributed by atoms with Crippen LogP contribution in [-0.2, 0) is 26.2 Å². The molecule has 0 aliphatic heterocycles. The number of rotatable bonds is 13. The number of nitrogens with one attached hydrogen (secondary N) is 1. The Labute approximate surface area is 234 Å². The summed E-state index contributed by atoms with van der Waals surface area (Å²) in [4.78, 5) is 39.3. The molecule has 3 aromatic rings. The lowest BCUT2D eigenvalue weighted by atomic mass is 10.1. The first-order chi connectivity index (χ1) is 19.1. The summed E-state index contributed by atoms with van der Waals surface area (Å²) in [6, 6.07) is 19.3. The summed E-state index contributed by atoms with van der Waals surface area (Å²) in [5.74, 6) is -0.952. The van der Waals surface area contributed by atoms with Crippen LogP contribution in [-0.4, -0.2) is 49.2 Å². The normalized spacial score (nSPS) is 11.9. The molecule has 1 N–H and O–H groups in total. The van der Waals surface area contributed by atoms with E-state index in [4.69, 9.17) is 0 Å². The molecule has 0 heterocycles. The number of carbonyl (C=O) groups is 2. The zero-order chi connectivity index (χ0) is 29.3. The molecule has 10 nitrogen and oxygen atoms in total. The van der Waals surface area contributed by atoms with Crippen molar-refractivity contribution in [1.82, 2.24) is 10.2 Å². The van der Waals surface area contributed by atoms with Crippen molar-refractivity contribution in [2.75, 3.05) is 17.4 Å². The second kappa shape index (κ2) is 13.7. The van der Waals surface area contributed by atoms with Gasteiger partial charge in [0.2, 0.25) is 11.8 Å². The number of nitro groups is 1. The first-order valence-electron chi connectivity index (χ1n) is 13.0. The molecule has 0 spiro atoms. The molecule has 0 bridgehead atoms. The van der Waals surface area contributed by atoms with Crippen LogP contribution in [0, 0.1) is 17.0 Å². The van der Waals surface area contributed by atoms with Crippen LogP contribution in [0.3, 0.4) is 0 Å². The molecule has 3 rings (SSSR count). The van der Waals surface area contributed by atoms with Crippen LogP contribution in [0.4, 0.5) is 11.4 Å². The smallest absolute Gasteiger partial charge is 0.271 e. The predicted octanol–water partition coefficient (Wildman–Crippen LogP) is 4.43. The molecule has 40 heavy (non-hydrogen) atoms. The first kappa shape index (κ1) is 30.3. The Bertz CT molecular complexity index is 1450. The molecular formula is C29H34N4O6S. The number of hydrogen-bond acceptors (Lipinski definition) is 6. The van der Waals surface area contributed by atoms with Crippen molar-refractivity contribution in [2.45, 2.75) is 51.1 Å². The molecule has 11 heteroatoms. The average molecular weight is 567 g/mol. The van der Waals surface area contributed by atoms with Crippen molar-refractivity contribution >= 4 is 33.2 Å². The number of anilines is 1. The molecular weight excluding hydrogens is 532 g/mol. The summed E-state index contributed by atoms with van der Waals surface area (Å²) in [5, 5.41) is 14.3. The summed E-state index contributed by atoms with van der Waals surface area (Å²) < 4.78 is 28.5. The van der Waals surface area contributed by atoms with Gasteiger partial charge in [0.25, 0.3) is 15.7 Å². The van der Waals surface area contributed by atoms with Crippen LogP contribution in [0.25, 0.3) is 0 Å².